The van der Waals surface area contributed by atoms with E-state index >= 15 is 0 Å². The van der Waals surface area contributed by atoms with E-state index in [1.807, 2.05) is 6.92 Å². The molecule has 0 aliphatic carbocycles. The van der Waals surface area contributed by atoms with Crippen LogP contribution in [-0.4, -0.2) is 30.6 Å². The van der Waals surface area contributed by atoms with Gasteiger partial charge in [0.2, 0.25) is 0 Å². The number of hydrogen-bond donors (Lipinski definition) is 2. The average Bonchev–Trinajstić information content (AvgIpc) is 2.64. The molecule has 0 unspecified atom stereocenters. The maximum atomic E-state index is 11.5. The van der Waals surface area contributed by atoms with Gasteiger partial charge < -0.3 is 15.0 Å². The van der Waals surface area contributed by atoms with Crippen molar-refractivity contribution < 1.29 is 9.53 Å². The highest BCUT2D eigenvalue weighted by atomic mass is 79.9. The molecule has 0 radical (unpaired) electrons. The van der Waals surface area contributed by atoms with E-state index in [4.69, 9.17) is 4.74 Å². The Morgan fingerprint density at radius 2 is 2.47 bits per heavy atom. The average molecular weight is 275 g/mol. The molecule has 1 aromatic rings. The maximum absolute atomic E-state index is 11.5. The summed E-state index contributed by atoms with van der Waals surface area (Å²) in [4.78, 5) is 14.4. The van der Waals surface area contributed by atoms with Gasteiger partial charge in [0, 0.05) is 30.4 Å². The van der Waals surface area contributed by atoms with E-state index in [1.54, 1.807) is 12.3 Å². The largest absolute Gasteiger partial charge is 0.382 e. The number of halogens is 1. The Hall–Kier alpha value is -0.810. The van der Waals surface area contributed by atoms with E-state index in [0.717, 1.165) is 17.5 Å². The van der Waals surface area contributed by atoms with Gasteiger partial charge in [0.1, 0.15) is 5.69 Å². The minimum Gasteiger partial charge on any atom is -0.382 e. The van der Waals surface area contributed by atoms with Crippen molar-refractivity contribution in [2.45, 2.75) is 13.3 Å². The Kier molecular flexibility index (Phi) is 5.42. The van der Waals surface area contributed by atoms with Crippen LogP contribution in [0.2, 0.25) is 0 Å². The monoisotopic (exact) mass is 274 g/mol. The third kappa shape index (κ3) is 4.48. The minimum atomic E-state index is -0.0859. The van der Waals surface area contributed by atoms with Crippen molar-refractivity contribution in [3.05, 3.63) is 22.4 Å². The molecule has 1 aromatic heterocycles. The van der Waals surface area contributed by atoms with Gasteiger partial charge in [-0.2, -0.15) is 0 Å². The lowest BCUT2D eigenvalue weighted by atomic mass is 10.4. The van der Waals surface area contributed by atoms with Gasteiger partial charge in [-0.3, -0.25) is 4.79 Å². The number of aromatic amines is 1. The molecule has 0 aromatic carbocycles. The first kappa shape index (κ1) is 12.3. The third-order valence-electron chi connectivity index (χ3n) is 1.85. The minimum absolute atomic E-state index is 0.0859. The van der Waals surface area contributed by atoms with Crippen LogP contribution < -0.4 is 5.32 Å². The summed E-state index contributed by atoms with van der Waals surface area (Å²) in [5, 5.41) is 2.80. The predicted molar refractivity (Wildman–Crippen MR) is 61.9 cm³/mol. The fourth-order valence-electron chi connectivity index (χ4n) is 1.11. The van der Waals surface area contributed by atoms with Crippen LogP contribution >= 0.6 is 15.9 Å². The van der Waals surface area contributed by atoms with Crippen molar-refractivity contribution in [2.24, 2.45) is 0 Å². The van der Waals surface area contributed by atoms with E-state index < -0.39 is 0 Å². The van der Waals surface area contributed by atoms with Crippen molar-refractivity contribution >= 4 is 21.8 Å². The smallest absolute Gasteiger partial charge is 0.267 e. The lowest BCUT2D eigenvalue weighted by Gasteiger charge is -2.03. The van der Waals surface area contributed by atoms with Gasteiger partial charge in [-0.05, 0) is 35.3 Å². The summed E-state index contributed by atoms with van der Waals surface area (Å²) in [6, 6.07) is 1.75. The molecule has 0 aliphatic heterocycles. The summed E-state index contributed by atoms with van der Waals surface area (Å²) in [6.07, 6.45) is 2.57. The third-order valence-corrected chi connectivity index (χ3v) is 2.31. The zero-order chi connectivity index (χ0) is 11.1. The van der Waals surface area contributed by atoms with Gasteiger partial charge in [-0.15, -0.1) is 0 Å². The van der Waals surface area contributed by atoms with Gasteiger partial charge in [0.05, 0.1) is 0 Å². The fraction of sp³-hybridized carbons (Fsp3) is 0.500. The van der Waals surface area contributed by atoms with E-state index in [0.29, 0.717) is 18.8 Å². The van der Waals surface area contributed by atoms with Crippen molar-refractivity contribution in [1.29, 1.82) is 0 Å². The molecule has 0 bridgehead atoms. The van der Waals surface area contributed by atoms with Crippen molar-refractivity contribution in [2.75, 3.05) is 19.8 Å². The molecule has 2 N–H and O–H groups in total. The Bertz CT molecular complexity index is 312. The Morgan fingerprint density at radius 3 is 3.07 bits per heavy atom. The van der Waals surface area contributed by atoms with E-state index in [1.165, 1.54) is 0 Å². The van der Waals surface area contributed by atoms with Crippen LogP contribution in [-0.2, 0) is 4.74 Å². The number of ether oxygens (including phenoxy) is 1. The van der Waals surface area contributed by atoms with Crippen LogP contribution in [0.25, 0.3) is 0 Å². The molecule has 5 heteroatoms. The zero-order valence-corrected chi connectivity index (χ0v) is 10.3. The molecular weight excluding hydrogens is 260 g/mol. The normalized spacial score (nSPS) is 10.3. The molecule has 84 valence electrons. The van der Waals surface area contributed by atoms with Gasteiger partial charge in [-0.1, -0.05) is 0 Å². The topological polar surface area (TPSA) is 54.1 Å². The summed E-state index contributed by atoms with van der Waals surface area (Å²) in [7, 11) is 0. The van der Waals surface area contributed by atoms with Crippen molar-refractivity contribution in [3.8, 4) is 0 Å². The van der Waals surface area contributed by atoms with Crippen molar-refractivity contribution in [1.82, 2.24) is 10.3 Å². The number of H-pyrrole nitrogens is 1. The molecule has 1 amide bonds. The Morgan fingerprint density at radius 1 is 1.67 bits per heavy atom. The molecule has 4 nitrogen and oxygen atoms in total. The number of aromatic nitrogens is 1. The van der Waals surface area contributed by atoms with Gasteiger partial charge >= 0.3 is 0 Å². The van der Waals surface area contributed by atoms with Crippen LogP contribution in [0.15, 0.2) is 16.7 Å². The molecule has 0 aliphatic rings. The SMILES string of the molecule is CCOCCCNC(=O)c1cc(Br)c[nH]1. The van der Waals surface area contributed by atoms with Crippen LogP contribution in [0.3, 0.4) is 0 Å². The lowest BCUT2D eigenvalue weighted by Crippen LogP contribution is -2.25. The Balaban J connectivity index is 2.19. The summed E-state index contributed by atoms with van der Waals surface area (Å²) >= 11 is 3.27. The molecule has 0 atom stereocenters. The van der Waals surface area contributed by atoms with Crippen LogP contribution in [0.5, 0.6) is 0 Å². The molecule has 0 saturated heterocycles. The first-order valence-corrected chi connectivity index (χ1v) is 5.73. The predicted octanol–water partition coefficient (Wildman–Crippen LogP) is 1.93. The molecule has 1 heterocycles. The first-order valence-electron chi connectivity index (χ1n) is 4.94. The summed E-state index contributed by atoms with van der Waals surface area (Å²) < 4.78 is 6.04. The van der Waals surface area contributed by atoms with Gasteiger partial charge in [0.25, 0.3) is 5.91 Å². The number of carbonyl (C=O) groups is 1. The van der Waals surface area contributed by atoms with Crippen LogP contribution in [0.4, 0.5) is 0 Å². The van der Waals surface area contributed by atoms with Crippen LogP contribution in [0, 0.1) is 0 Å². The molecular formula is C10H15BrN2O2. The summed E-state index contributed by atoms with van der Waals surface area (Å²) in [5.41, 5.74) is 0.568. The van der Waals surface area contributed by atoms with Crippen molar-refractivity contribution in [3.63, 3.8) is 0 Å². The van der Waals surface area contributed by atoms with Gasteiger partial charge in [-0.25, -0.2) is 0 Å². The second kappa shape index (κ2) is 6.63. The Labute approximate surface area is 97.5 Å². The second-order valence-corrected chi connectivity index (χ2v) is 3.95. The molecule has 0 spiro atoms. The maximum Gasteiger partial charge on any atom is 0.267 e. The number of nitrogens with one attached hydrogen (secondary N) is 2. The van der Waals surface area contributed by atoms with Gasteiger partial charge in [0.15, 0.2) is 0 Å². The number of hydrogen-bond acceptors (Lipinski definition) is 2. The lowest BCUT2D eigenvalue weighted by molar-refractivity contribution is 0.0940. The highest BCUT2D eigenvalue weighted by Crippen LogP contribution is 2.10. The van der Waals surface area contributed by atoms with E-state index in [9.17, 15) is 4.79 Å². The molecule has 0 saturated carbocycles. The zero-order valence-electron chi connectivity index (χ0n) is 8.68. The molecule has 1 rings (SSSR count). The van der Waals surface area contributed by atoms with E-state index in [2.05, 4.69) is 26.2 Å². The summed E-state index contributed by atoms with van der Waals surface area (Å²) in [5.74, 6) is -0.0859. The summed E-state index contributed by atoms with van der Waals surface area (Å²) in [6.45, 7) is 3.99. The fourth-order valence-corrected chi connectivity index (χ4v) is 1.46. The highest BCUT2D eigenvalue weighted by molar-refractivity contribution is 9.10. The molecule has 0 fully saturated rings. The first-order chi connectivity index (χ1) is 7.24. The highest BCUT2D eigenvalue weighted by Gasteiger charge is 2.06. The van der Waals surface area contributed by atoms with Crippen LogP contribution in [0.1, 0.15) is 23.8 Å². The standard InChI is InChI=1S/C10H15BrN2O2/c1-2-15-5-3-4-12-10(14)9-6-8(11)7-13-9/h6-7,13H,2-5H2,1H3,(H,12,14). The van der Waals surface area contributed by atoms with E-state index in [-0.39, 0.29) is 5.91 Å². The quantitative estimate of drug-likeness (QED) is 0.779. The second-order valence-electron chi connectivity index (χ2n) is 3.04. The molecule has 15 heavy (non-hydrogen) atoms. The number of amides is 1. The number of carbonyl (C=O) groups excluding carboxylic acids is 1. The number of rotatable bonds is 6.